The van der Waals surface area contributed by atoms with Gasteiger partial charge in [-0.1, -0.05) is 32.4 Å². The maximum atomic E-state index is 12.6. The van der Waals surface area contributed by atoms with E-state index < -0.39 is 34.9 Å². The summed E-state index contributed by atoms with van der Waals surface area (Å²) in [5, 5.41) is 21.0. The first-order valence-corrected chi connectivity index (χ1v) is 11.0. The number of hydrogen-bond donors (Lipinski definition) is 2. The molecule has 164 valence electrons. The number of allylic oxidation sites excluding steroid dienone is 4. The lowest BCUT2D eigenvalue weighted by Gasteiger charge is -2.61. The van der Waals surface area contributed by atoms with Crippen molar-refractivity contribution in [1.29, 1.82) is 0 Å². The van der Waals surface area contributed by atoms with Gasteiger partial charge in [0.2, 0.25) is 0 Å². The van der Waals surface area contributed by atoms with E-state index in [0.29, 0.717) is 19.3 Å². The molecular weight excluding hydrogens is 384 g/mol. The summed E-state index contributed by atoms with van der Waals surface area (Å²) >= 11 is 0. The number of carbonyl (C=O) groups is 3. The number of rotatable bonds is 3. The molecular formula is C24H32O6. The molecule has 2 N–H and O–H groups in total. The Labute approximate surface area is 177 Å². The van der Waals surface area contributed by atoms with Crippen LogP contribution in [-0.4, -0.2) is 46.1 Å². The normalized spacial score (nSPS) is 47.1. The van der Waals surface area contributed by atoms with E-state index in [1.807, 2.05) is 13.0 Å². The number of aliphatic hydroxyl groups excluding tert-OH is 1. The molecule has 3 saturated carbocycles. The Morgan fingerprint density at radius 3 is 2.63 bits per heavy atom. The van der Waals surface area contributed by atoms with Crippen LogP contribution in [0.4, 0.5) is 0 Å². The van der Waals surface area contributed by atoms with Gasteiger partial charge in [-0.25, -0.2) is 0 Å². The third-order valence-electron chi connectivity index (χ3n) is 8.87. The zero-order valence-corrected chi connectivity index (χ0v) is 18.2. The van der Waals surface area contributed by atoms with Crippen molar-refractivity contribution < 1.29 is 29.3 Å². The van der Waals surface area contributed by atoms with Gasteiger partial charge in [0.1, 0.15) is 18.3 Å². The number of esters is 1. The number of hydrogen-bond acceptors (Lipinski definition) is 6. The number of ether oxygens (including phenoxy) is 1. The van der Waals surface area contributed by atoms with E-state index in [-0.39, 0.29) is 35.4 Å². The first-order valence-electron chi connectivity index (χ1n) is 11.0. The zero-order chi connectivity index (χ0) is 22.1. The molecule has 0 saturated heterocycles. The fourth-order valence-electron chi connectivity index (χ4n) is 7.63. The average Bonchev–Trinajstić information content (AvgIpc) is 2.94. The summed E-state index contributed by atoms with van der Waals surface area (Å²) in [5.74, 6) is -0.608. The van der Waals surface area contributed by atoms with Gasteiger partial charge in [-0.3, -0.25) is 14.4 Å². The summed E-state index contributed by atoms with van der Waals surface area (Å²) in [6.07, 6.45) is 7.01. The highest BCUT2D eigenvalue weighted by Gasteiger charge is 2.69. The van der Waals surface area contributed by atoms with Crippen LogP contribution >= 0.6 is 0 Å². The van der Waals surface area contributed by atoms with Gasteiger partial charge >= 0.3 is 5.97 Å². The molecule has 8 atom stereocenters. The van der Waals surface area contributed by atoms with Crippen molar-refractivity contribution in [3.63, 3.8) is 0 Å². The Kier molecular flexibility index (Phi) is 4.90. The molecule has 4 aliphatic carbocycles. The Morgan fingerprint density at radius 1 is 1.30 bits per heavy atom. The second-order valence-electron chi connectivity index (χ2n) is 10.3. The van der Waals surface area contributed by atoms with Crippen LogP contribution in [0.3, 0.4) is 0 Å². The fourth-order valence-corrected chi connectivity index (χ4v) is 7.63. The zero-order valence-electron chi connectivity index (χ0n) is 18.2. The summed E-state index contributed by atoms with van der Waals surface area (Å²) in [7, 11) is 0. The Bertz CT molecular complexity index is 858. The molecule has 0 aromatic carbocycles. The minimum atomic E-state index is -1.62. The van der Waals surface area contributed by atoms with Gasteiger partial charge in [0.15, 0.2) is 11.6 Å². The first-order chi connectivity index (χ1) is 14.0. The number of Topliss-reactive ketones (excluding diaryl/α,β-unsaturated/α-hetero) is 1. The number of ketones is 2. The molecule has 6 heteroatoms. The standard InChI is InChI=1S/C24H32O6/c1-13-9-16-17-6-8-24(29,20(28)12-25)23(17,4)11-19(30-14(2)26)21(16)22(3)7-5-15(27)10-18(13)22/h5,7,10,13,16-17,19,21,25,29H,6,8-9,11-12H2,1-4H3/t13-,16-,17-,19+,21+,22-,23-,24-/m0/s1. The molecule has 0 aromatic rings. The maximum Gasteiger partial charge on any atom is 0.302 e. The molecule has 4 aliphatic rings. The molecule has 4 rings (SSSR count). The van der Waals surface area contributed by atoms with Crippen molar-refractivity contribution in [2.75, 3.05) is 6.61 Å². The third kappa shape index (κ3) is 2.72. The molecule has 0 radical (unpaired) electrons. The molecule has 0 heterocycles. The van der Waals surface area contributed by atoms with E-state index in [0.717, 1.165) is 12.0 Å². The summed E-state index contributed by atoms with van der Waals surface area (Å²) in [6.45, 7) is 6.85. The van der Waals surface area contributed by atoms with Crippen LogP contribution in [0.1, 0.15) is 53.4 Å². The summed E-state index contributed by atoms with van der Waals surface area (Å²) in [5.41, 5.74) is -1.73. The second-order valence-corrected chi connectivity index (χ2v) is 10.3. The van der Waals surface area contributed by atoms with Crippen LogP contribution in [0.5, 0.6) is 0 Å². The molecule has 0 amide bonds. The predicted molar refractivity (Wildman–Crippen MR) is 109 cm³/mol. The molecule has 3 fully saturated rings. The Hall–Kier alpha value is -1.79. The summed E-state index contributed by atoms with van der Waals surface area (Å²) in [6, 6.07) is 0. The molecule has 6 nitrogen and oxygen atoms in total. The lowest BCUT2D eigenvalue weighted by molar-refractivity contribution is -0.193. The molecule has 0 spiro atoms. The van der Waals surface area contributed by atoms with Crippen LogP contribution in [0.15, 0.2) is 23.8 Å². The number of carbonyl (C=O) groups excluding carboxylic acids is 3. The molecule has 30 heavy (non-hydrogen) atoms. The van der Waals surface area contributed by atoms with Crippen molar-refractivity contribution in [1.82, 2.24) is 0 Å². The fraction of sp³-hybridized carbons (Fsp3) is 0.708. The smallest absolute Gasteiger partial charge is 0.302 e. The van der Waals surface area contributed by atoms with Crippen LogP contribution in [0.25, 0.3) is 0 Å². The van der Waals surface area contributed by atoms with Crippen LogP contribution in [0, 0.1) is 34.5 Å². The molecule has 0 bridgehead atoms. The van der Waals surface area contributed by atoms with E-state index in [1.165, 1.54) is 6.92 Å². The van der Waals surface area contributed by atoms with Crippen LogP contribution < -0.4 is 0 Å². The maximum absolute atomic E-state index is 12.6. The van der Waals surface area contributed by atoms with Gasteiger partial charge in [0.05, 0.1) is 0 Å². The monoisotopic (exact) mass is 416 g/mol. The quantitative estimate of drug-likeness (QED) is 0.685. The Morgan fingerprint density at radius 2 is 2.00 bits per heavy atom. The largest absolute Gasteiger partial charge is 0.462 e. The molecule has 0 aromatic heterocycles. The summed E-state index contributed by atoms with van der Waals surface area (Å²) in [4.78, 5) is 36.8. The third-order valence-corrected chi connectivity index (χ3v) is 8.87. The first kappa shape index (κ1) is 21.4. The van der Waals surface area contributed by atoms with Gasteiger partial charge in [0.25, 0.3) is 0 Å². The molecule has 0 aliphatic heterocycles. The van der Waals surface area contributed by atoms with E-state index in [2.05, 4.69) is 13.8 Å². The van der Waals surface area contributed by atoms with Crippen molar-refractivity contribution in [3.8, 4) is 0 Å². The van der Waals surface area contributed by atoms with Crippen molar-refractivity contribution in [3.05, 3.63) is 23.8 Å². The van der Waals surface area contributed by atoms with E-state index in [1.54, 1.807) is 12.2 Å². The van der Waals surface area contributed by atoms with Crippen molar-refractivity contribution in [2.24, 2.45) is 34.5 Å². The van der Waals surface area contributed by atoms with Gasteiger partial charge < -0.3 is 14.9 Å². The van der Waals surface area contributed by atoms with E-state index in [4.69, 9.17) is 4.74 Å². The lowest BCUT2D eigenvalue weighted by atomic mass is 9.44. The number of fused-ring (bicyclic) bond motifs is 5. The SMILES string of the molecule is CC(=O)O[C@@H]1C[C@@]2(C)[C@@H](CC[C@]2(O)C(=O)CO)[C@@H]2C[C@H](C)C3=CC(=O)C=C[C@]3(C)[C@H]21. The topological polar surface area (TPSA) is 101 Å². The van der Waals surface area contributed by atoms with Crippen LogP contribution in [-0.2, 0) is 19.1 Å². The predicted octanol–water partition coefficient (Wildman–Crippen LogP) is 2.37. The minimum absolute atomic E-state index is 0.0127. The lowest BCUT2D eigenvalue weighted by Crippen LogP contribution is -2.63. The highest BCUT2D eigenvalue weighted by molar-refractivity contribution is 6.01. The minimum Gasteiger partial charge on any atom is -0.462 e. The second kappa shape index (κ2) is 6.86. The Balaban J connectivity index is 1.84. The van der Waals surface area contributed by atoms with Gasteiger partial charge in [-0.05, 0) is 55.6 Å². The average molecular weight is 417 g/mol. The highest BCUT2D eigenvalue weighted by atomic mass is 16.5. The molecule has 0 unspecified atom stereocenters. The van der Waals surface area contributed by atoms with E-state index in [9.17, 15) is 24.6 Å². The van der Waals surface area contributed by atoms with Crippen LogP contribution in [0.2, 0.25) is 0 Å². The van der Waals surface area contributed by atoms with Gasteiger partial charge in [-0.2, -0.15) is 0 Å². The van der Waals surface area contributed by atoms with E-state index >= 15 is 0 Å². The number of aliphatic hydroxyl groups is 2. The van der Waals surface area contributed by atoms with Crippen molar-refractivity contribution in [2.45, 2.75) is 65.1 Å². The van der Waals surface area contributed by atoms with Gasteiger partial charge in [0, 0.05) is 23.7 Å². The van der Waals surface area contributed by atoms with Gasteiger partial charge in [-0.15, -0.1) is 0 Å². The van der Waals surface area contributed by atoms with Crippen molar-refractivity contribution >= 4 is 17.5 Å². The summed E-state index contributed by atoms with van der Waals surface area (Å²) < 4.78 is 5.85. The highest BCUT2D eigenvalue weighted by Crippen LogP contribution is 2.68.